The van der Waals surface area contributed by atoms with E-state index in [9.17, 15) is 33.6 Å². The van der Waals surface area contributed by atoms with Crippen LogP contribution in [0.4, 0.5) is 0 Å². The van der Waals surface area contributed by atoms with E-state index in [1.165, 1.54) is 0 Å². The quantitative estimate of drug-likeness (QED) is 0.278. The van der Waals surface area contributed by atoms with Crippen LogP contribution in [-0.2, 0) is 52.6 Å². The van der Waals surface area contributed by atoms with E-state index >= 15 is 0 Å². The van der Waals surface area contributed by atoms with E-state index in [0.717, 1.165) is 27.7 Å². The Labute approximate surface area is 159 Å². The van der Waals surface area contributed by atoms with Crippen molar-refractivity contribution < 1.29 is 52.6 Å². The molecule has 154 valence electrons. The van der Waals surface area contributed by atoms with Gasteiger partial charge in [0.05, 0.1) is 0 Å². The average molecular weight is 401 g/mol. The van der Waals surface area contributed by atoms with Crippen LogP contribution >= 0.6 is 0 Å². The van der Waals surface area contributed by atoms with E-state index in [1.807, 2.05) is 0 Å². The lowest BCUT2D eigenvalue weighted by molar-refractivity contribution is -0.207. The van der Waals surface area contributed by atoms with Crippen molar-refractivity contribution in [2.45, 2.75) is 58.8 Å². The summed E-state index contributed by atoms with van der Waals surface area (Å²) < 4.78 is 14.2. The zero-order valence-electron chi connectivity index (χ0n) is 15.6. The van der Waals surface area contributed by atoms with Crippen LogP contribution in [0.3, 0.4) is 0 Å². The number of esters is 3. The number of rotatable bonds is 8. The molecule has 2 amide bonds. The summed E-state index contributed by atoms with van der Waals surface area (Å²) >= 11 is 0. The molecule has 12 heteroatoms. The highest BCUT2D eigenvalue weighted by Crippen LogP contribution is 2.15. The average Bonchev–Trinajstić information content (AvgIpc) is 2.88. The van der Waals surface area contributed by atoms with E-state index in [4.69, 9.17) is 14.2 Å². The summed E-state index contributed by atoms with van der Waals surface area (Å²) in [5, 5.41) is 0.257. The smallest absolute Gasteiger partial charge is 0.373 e. The van der Waals surface area contributed by atoms with Gasteiger partial charge in [-0.2, -0.15) is 0 Å². The molecule has 0 spiro atoms. The Morgan fingerprint density at radius 2 is 1.25 bits per heavy atom. The van der Waals surface area contributed by atoms with Crippen LogP contribution in [0.15, 0.2) is 0 Å². The zero-order chi connectivity index (χ0) is 21.6. The molecule has 0 aliphatic carbocycles. The van der Waals surface area contributed by atoms with E-state index in [0.29, 0.717) is 0 Å². The minimum Gasteiger partial charge on any atom is -0.450 e. The summed E-state index contributed by atoms with van der Waals surface area (Å²) in [5.41, 5.74) is 0. The molecule has 12 nitrogen and oxygen atoms in total. The molecule has 1 fully saturated rings. The number of hydroxylamine groups is 2. The molecule has 1 saturated heterocycles. The van der Waals surface area contributed by atoms with Gasteiger partial charge in [0.1, 0.15) is 0 Å². The van der Waals surface area contributed by atoms with Crippen molar-refractivity contribution in [3.8, 4) is 0 Å². The van der Waals surface area contributed by atoms with Gasteiger partial charge in [0, 0.05) is 26.7 Å². The highest BCUT2D eigenvalue weighted by atomic mass is 16.7. The van der Waals surface area contributed by atoms with Gasteiger partial charge in [-0.25, -0.2) is 9.59 Å². The van der Waals surface area contributed by atoms with Crippen LogP contribution in [0, 0.1) is 0 Å². The fourth-order valence-electron chi connectivity index (χ4n) is 2.06. The first-order valence-electron chi connectivity index (χ1n) is 8.07. The number of hydrogen-bond acceptors (Lipinski definition) is 11. The lowest BCUT2D eigenvalue weighted by atomic mass is 10.1. The molecule has 1 aliphatic heterocycles. The van der Waals surface area contributed by atoms with Crippen molar-refractivity contribution in [1.29, 1.82) is 0 Å². The highest BCUT2D eigenvalue weighted by Gasteiger charge is 2.41. The largest absolute Gasteiger partial charge is 0.450 e. The van der Waals surface area contributed by atoms with E-state index in [-0.39, 0.29) is 17.9 Å². The van der Waals surface area contributed by atoms with E-state index in [2.05, 4.69) is 4.84 Å². The molecule has 0 aromatic rings. The van der Waals surface area contributed by atoms with Crippen molar-refractivity contribution in [3.05, 3.63) is 0 Å². The molecule has 0 aromatic carbocycles. The van der Waals surface area contributed by atoms with Gasteiger partial charge < -0.3 is 19.0 Å². The number of imide groups is 1. The van der Waals surface area contributed by atoms with Crippen molar-refractivity contribution in [3.63, 3.8) is 0 Å². The molecule has 1 heterocycles. The molecule has 0 N–H and O–H groups in total. The molecule has 0 radical (unpaired) electrons. The van der Waals surface area contributed by atoms with Gasteiger partial charge in [0.2, 0.25) is 12.2 Å². The summed E-state index contributed by atoms with van der Waals surface area (Å²) in [6, 6.07) is 0. The van der Waals surface area contributed by atoms with Gasteiger partial charge in [0.15, 0.2) is 11.9 Å². The number of ether oxygens (including phenoxy) is 3. The molecule has 0 bridgehead atoms. The van der Waals surface area contributed by atoms with Crippen molar-refractivity contribution in [1.82, 2.24) is 5.06 Å². The zero-order valence-corrected chi connectivity index (χ0v) is 15.6. The third-order valence-corrected chi connectivity index (χ3v) is 3.31. The molecule has 28 heavy (non-hydrogen) atoms. The van der Waals surface area contributed by atoms with Crippen LogP contribution < -0.4 is 0 Å². The number of hydrogen-bond donors (Lipinski definition) is 0. The summed E-state index contributed by atoms with van der Waals surface area (Å²) in [4.78, 5) is 85.8. The van der Waals surface area contributed by atoms with Crippen molar-refractivity contribution >= 4 is 41.5 Å². The summed E-state index contributed by atoms with van der Waals surface area (Å²) in [6.07, 6.45) is -5.66. The molecular weight excluding hydrogens is 382 g/mol. The molecule has 0 saturated carbocycles. The Hall–Kier alpha value is -3.31. The minimum absolute atomic E-state index is 0.127. The second kappa shape index (κ2) is 9.58. The highest BCUT2D eigenvalue weighted by molar-refractivity contribution is 6.01. The van der Waals surface area contributed by atoms with Gasteiger partial charge in [-0.05, 0) is 13.8 Å². The fraction of sp³-hybridized carbons (Fsp3) is 0.562. The predicted molar refractivity (Wildman–Crippen MR) is 84.5 cm³/mol. The molecule has 1 unspecified atom stereocenters. The van der Waals surface area contributed by atoms with E-state index in [1.54, 1.807) is 0 Å². The first-order chi connectivity index (χ1) is 12.9. The second-order valence-corrected chi connectivity index (χ2v) is 5.74. The number of Topliss-reactive ketones (excluding diaryl/α,β-unsaturated/α-hetero) is 1. The second-order valence-electron chi connectivity index (χ2n) is 5.74. The standard InChI is InChI=1S/C16H19NO11/c1-7(18)13(26-9(3)19)14(27-10(4)20)16(24)25-8(2)15(23)28-17-11(21)5-6-12(17)22/h8,13-14H,5-6H2,1-4H3/t8-,13-,14?/m0/s1. The first kappa shape index (κ1) is 22.7. The SMILES string of the molecule is CC(=O)OC(C(=O)O[C@@H](C)C(=O)ON1C(=O)CCC1=O)[C@@H](OC(C)=O)C(C)=O. The molecule has 0 aromatic heterocycles. The maximum absolute atomic E-state index is 12.3. The lowest BCUT2D eigenvalue weighted by Gasteiger charge is -2.24. The van der Waals surface area contributed by atoms with Crippen LogP contribution in [-0.4, -0.2) is 64.8 Å². The monoisotopic (exact) mass is 401 g/mol. The third kappa shape index (κ3) is 6.14. The Balaban J connectivity index is 2.87. The Morgan fingerprint density at radius 3 is 1.68 bits per heavy atom. The number of ketones is 1. The van der Waals surface area contributed by atoms with Crippen LogP contribution in [0.5, 0.6) is 0 Å². The lowest BCUT2D eigenvalue weighted by Crippen LogP contribution is -2.47. The van der Waals surface area contributed by atoms with Crippen molar-refractivity contribution in [2.24, 2.45) is 0 Å². The third-order valence-electron chi connectivity index (χ3n) is 3.31. The molecular formula is C16H19NO11. The maximum Gasteiger partial charge on any atom is 0.373 e. The van der Waals surface area contributed by atoms with Crippen LogP contribution in [0.25, 0.3) is 0 Å². The van der Waals surface area contributed by atoms with Crippen LogP contribution in [0.1, 0.15) is 40.5 Å². The van der Waals surface area contributed by atoms with Gasteiger partial charge in [-0.3, -0.25) is 24.0 Å². The minimum atomic E-state index is -1.97. The number of carbonyl (C=O) groups excluding carboxylic acids is 7. The van der Waals surface area contributed by atoms with Gasteiger partial charge in [-0.1, -0.05) is 0 Å². The normalized spacial score (nSPS) is 16.6. The predicted octanol–water partition coefficient (Wildman–Crippen LogP) is -1.02. The number of amides is 2. The maximum atomic E-state index is 12.3. The number of nitrogens with zero attached hydrogens (tertiary/aromatic N) is 1. The van der Waals surface area contributed by atoms with Gasteiger partial charge in [0.25, 0.3) is 11.8 Å². The molecule has 3 atom stereocenters. The van der Waals surface area contributed by atoms with Crippen LogP contribution in [0.2, 0.25) is 0 Å². The Bertz CT molecular complexity index is 697. The number of carbonyl (C=O) groups is 7. The topological polar surface area (TPSA) is 160 Å². The van der Waals surface area contributed by atoms with Gasteiger partial charge >= 0.3 is 23.9 Å². The first-order valence-corrected chi connectivity index (χ1v) is 8.07. The van der Waals surface area contributed by atoms with Gasteiger partial charge in [-0.15, -0.1) is 5.06 Å². The van der Waals surface area contributed by atoms with E-state index < -0.39 is 59.8 Å². The summed E-state index contributed by atoms with van der Waals surface area (Å²) in [7, 11) is 0. The Kier molecular flexibility index (Phi) is 7.77. The fourth-order valence-corrected chi connectivity index (χ4v) is 2.06. The molecule has 1 rings (SSSR count). The molecule has 1 aliphatic rings. The Morgan fingerprint density at radius 1 is 0.786 bits per heavy atom. The summed E-state index contributed by atoms with van der Waals surface area (Å²) in [6.45, 7) is 3.95. The summed E-state index contributed by atoms with van der Waals surface area (Å²) in [5.74, 6) is -6.83. The van der Waals surface area contributed by atoms with Crippen molar-refractivity contribution in [2.75, 3.05) is 0 Å².